The molecule has 2 rings (SSSR count). The maximum atomic E-state index is 12.3. The van der Waals surface area contributed by atoms with E-state index in [2.05, 4.69) is 10.1 Å². The van der Waals surface area contributed by atoms with Crippen molar-refractivity contribution >= 4 is 11.9 Å². The summed E-state index contributed by atoms with van der Waals surface area (Å²) in [4.78, 5) is 23.8. The van der Waals surface area contributed by atoms with Crippen LogP contribution in [0.25, 0.3) is 0 Å². The van der Waals surface area contributed by atoms with Crippen LogP contribution < -0.4 is 5.32 Å². The van der Waals surface area contributed by atoms with E-state index >= 15 is 0 Å². The molecule has 0 fully saturated rings. The highest BCUT2D eigenvalue weighted by molar-refractivity contribution is 5.87. The van der Waals surface area contributed by atoms with Crippen molar-refractivity contribution in [1.29, 1.82) is 0 Å². The van der Waals surface area contributed by atoms with Gasteiger partial charge >= 0.3 is 11.9 Å². The molecule has 0 amide bonds. The van der Waals surface area contributed by atoms with Crippen LogP contribution in [0.5, 0.6) is 0 Å². The average Bonchev–Trinajstić information content (AvgIpc) is 2.60. The van der Waals surface area contributed by atoms with Crippen LogP contribution in [0, 0.1) is 0 Å². The van der Waals surface area contributed by atoms with Crippen molar-refractivity contribution in [3.05, 3.63) is 71.5 Å². The first kappa shape index (κ1) is 17.5. The quantitative estimate of drug-likeness (QED) is 0.477. The number of methoxy groups -OCH3 is 1. The lowest BCUT2D eigenvalue weighted by molar-refractivity contribution is -0.143. The highest BCUT2D eigenvalue weighted by atomic mass is 16.5. The van der Waals surface area contributed by atoms with Gasteiger partial charge in [-0.3, -0.25) is 0 Å². The van der Waals surface area contributed by atoms with Gasteiger partial charge in [0, 0.05) is 11.8 Å². The zero-order valence-electron chi connectivity index (χ0n) is 13.8. The fourth-order valence-electron chi connectivity index (χ4n) is 2.81. The Kier molecular flexibility index (Phi) is 5.58. The van der Waals surface area contributed by atoms with E-state index in [-0.39, 0.29) is 0 Å². The standard InChI is InChI=1S/C19H21NO4/c1-14(13-17(21)24-2)20-19(18(22)23,15-9-5-3-6-10-15)16-11-7-4-8-12-16/h3-7,9-10,12-13,20H,8,11H2,1-2H3,(H,22,23). The summed E-state index contributed by atoms with van der Waals surface area (Å²) in [7, 11) is 1.28. The molecular formula is C19H21NO4. The molecule has 1 aromatic rings. The highest BCUT2D eigenvalue weighted by Crippen LogP contribution is 2.35. The second kappa shape index (κ2) is 7.64. The van der Waals surface area contributed by atoms with Crippen molar-refractivity contribution in [1.82, 2.24) is 5.32 Å². The van der Waals surface area contributed by atoms with Gasteiger partial charge in [0.1, 0.15) is 0 Å². The minimum atomic E-state index is -1.43. The lowest BCUT2D eigenvalue weighted by Crippen LogP contribution is -2.50. The number of carboxylic acids is 1. The van der Waals surface area contributed by atoms with Gasteiger partial charge in [0.2, 0.25) is 0 Å². The number of hydrogen-bond donors (Lipinski definition) is 2. The molecular weight excluding hydrogens is 306 g/mol. The molecule has 1 aliphatic carbocycles. The van der Waals surface area contributed by atoms with Crippen LogP contribution in [0.1, 0.15) is 25.3 Å². The van der Waals surface area contributed by atoms with Crippen LogP contribution in [0.15, 0.2) is 65.9 Å². The third-order valence-corrected chi connectivity index (χ3v) is 3.93. The number of ether oxygens (including phenoxy) is 1. The molecule has 126 valence electrons. The van der Waals surface area contributed by atoms with Crippen molar-refractivity contribution in [2.75, 3.05) is 7.11 Å². The van der Waals surface area contributed by atoms with Gasteiger partial charge < -0.3 is 15.2 Å². The van der Waals surface area contributed by atoms with E-state index in [4.69, 9.17) is 0 Å². The number of carbonyl (C=O) groups is 2. The molecule has 0 spiro atoms. The van der Waals surface area contributed by atoms with Crippen LogP contribution >= 0.6 is 0 Å². The molecule has 0 aromatic heterocycles. The predicted octanol–water partition coefficient (Wildman–Crippen LogP) is 2.91. The maximum absolute atomic E-state index is 12.3. The van der Waals surface area contributed by atoms with Gasteiger partial charge in [-0.2, -0.15) is 0 Å². The van der Waals surface area contributed by atoms with Crippen molar-refractivity contribution in [3.8, 4) is 0 Å². The Morgan fingerprint density at radius 2 is 1.96 bits per heavy atom. The van der Waals surface area contributed by atoms with E-state index in [1.807, 2.05) is 24.3 Å². The van der Waals surface area contributed by atoms with Gasteiger partial charge in [0.15, 0.2) is 5.54 Å². The molecule has 5 nitrogen and oxygen atoms in total. The molecule has 1 atom stereocenters. The summed E-state index contributed by atoms with van der Waals surface area (Å²) in [6, 6.07) is 8.97. The summed E-state index contributed by atoms with van der Waals surface area (Å²) >= 11 is 0. The fraction of sp³-hybridized carbons (Fsp3) is 0.263. The Bertz CT molecular complexity index is 703. The average molecular weight is 327 g/mol. The molecule has 1 aliphatic rings. The minimum Gasteiger partial charge on any atom is -0.479 e. The summed E-state index contributed by atoms with van der Waals surface area (Å²) in [5.74, 6) is -1.56. The molecule has 0 saturated carbocycles. The van der Waals surface area contributed by atoms with E-state index in [0.29, 0.717) is 24.1 Å². The number of nitrogens with one attached hydrogen (secondary N) is 1. The topological polar surface area (TPSA) is 75.6 Å². The molecule has 0 heterocycles. The highest BCUT2D eigenvalue weighted by Gasteiger charge is 2.43. The van der Waals surface area contributed by atoms with Crippen LogP contribution in [-0.2, 0) is 19.9 Å². The molecule has 1 aromatic carbocycles. The lowest BCUT2D eigenvalue weighted by atomic mass is 9.78. The number of carboxylic acid groups (broad SMARTS) is 1. The Morgan fingerprint density at radius 3 is 2.50 bits per heavy atom. The second-order valence-electron chi connectivity index (χ2n) is 5.54. The number of rotatable bonds is 6. The first-order valence-electron chi connectivity index (χ1n) is 7.68. The number of aliphatic carboxylic acids is 1. The van der Waals surface area contributed by atoms with Gasteiger partial charge in [-0.15, -0.1) is 0 Å². The third kappa shape index (κ3) is 3.56. The number of esters is 1. The van der Waals surface area contributed by atoms with Crippen molar-refractivity contribution in [3.63, 3.8) is 0 Å². The summed E-state index contributed by atoms with van der Waals surface area (Å²) < 4.78 is 4.62. The summed E-state index contributed by atoms with van der Waals surface area (Å²) in [6.45, 7) is 1.65. The van der Waals surface area contributed by atoms with Gasteiger partial charge in [-0.1, -0.05) is 48.6 Å². The zero-order chi connectivity index (χ0) is 17.6. The van der Waals surface area contributed by atoms with Crippen LogP contribution in [0.2, 0.25) is 0 Å². The zero-order valence-corrected chi connectivity index (χ0v) is 13.8. The van der Waals surface area contributed by atoms with Crippen molar-refractivity contribution in [2.45, 2.75) is 25.3 Å². The molecule has 0 aliphatic heterocycles. The van der Waals surface area contributed by atoms with Crippen LogP contribution in [-0.4, -0.2) is 24.2 Å². The van der Waals surface area contributed by atoms with Gasteiger partial charge in [-0.05, 0) is 30.9 Å². The normalized spacial score (nSPS) is 16.8. The second-order valence-corrected chi connectivity index (χ2v) is 5.54. The van der Waals surface area contributed by atoms with E-state index in [1.165, 1.54) is 13.2 Å². The summed E-state index contributed by atoms with van der Waals surface area (Å²) in [5.41, 5.74) is 0.335. The maximum Gasteiger partial charge on any atom is 0.338 e. The van der Waals surface area contributed by atoms with Crippen LogP contribution in [0.4, 0.5) is 0 Å². The smallest absolute Gasteiger partial charge is 0.338 e. The summed E-state index contributed by atoms with van der Waals surface area (Å²) in [5, 5.41) is 13.1. The number of allylic oxidation sites excluding steroid dienone is 4. The SMILES string of the molecule is COC(=O)C=C(C)NC(C(=O)O)(C1=CCC=CC1)c1ccccc1. The largest absolute Gasteiger partial charge is 0.479 e. The number of hydrogen-bond acceptors (Lipinski definition) is 4. The monoisotopic (exact) mass is 327 g/mol. The first-order valence-corrected chi connectivity index (χ1v) is 7.68. The van der Waals surface area contributed by atoms with Gasteiger partial charge in [-0.25, -0.2) is 9.59 Å². The Labute approximate surface area is 141 Å². The van der Waals surface area contributed by atoms with Crippen molar-refractivity contribution in [2.24, 2.45) is 0 Å². The Balaban J connectivity index is 2.55. The van der Waals surface area contributed by atoms with E-state index in [9.17, 15) is 14.7 Å². The van der Waals surface area contributed by atoms with E-state index in [0.717, 1.165) is 5.57 Å². The number of benzene rings is 1. The summed E-state index contributed by atoms with van der Waals surface area (Å²) in [6.07, 6.45) is 8.33. The van der Waals surface area contributed by atoms with Gasteiger partial charge in [0.05, 0.1) is 7.11 Å². The van der Waals surface area contributed by atoms with Gasteiger partial charge in [0.25, 0.3) is 0 Å². The molecule has 1 unspecified atom stereocenters. The van der Waals surface area contributed by atoms with Crippen LogP contribution in [0.3, 0.4) is 0 Å². The van der Waals surface area contributed by atoms with Crippen molar-refractivity contribution < 1.29 is 19.4 Å². The minimum absolute atomic E-state index is 0.420. The third-order valence-electron chi connectivity index (χ3n) is 3.93. The molecule has 24 heavy (non-hydrogen) atoms. The molecule has 0 bridgehead atoms. The van der Waals surface area contributed by atoms with E-state index in [1.54, 1.807) is 31.2 Å². The predicted molar refractivity (Wildman–Crippen MR) is 91.1 cm³/mol. The Morgan fingerprint density at radius 1 is 1.25 bits per heavy atom. The molecule has 2 N–H and O–H groups in total. The lowest BCUT2D eigenvalue weighted by Gasteiger charge is -2.35. The molecule has 5 heteroatoms. The molecule has 0 radical (unpaired) electrons. The Hall–Kier alpha value is -2.82. The number of carbonyl (C=O) groups excluding carboxylic acids is 1. The first-order chi connectivity index (χ1) is 11.5. The van der Waals surface area contributed by atoms with E-state index < -0.39 is 17.5 Å². The fourth-order valence-corrected chi connectivity index (χ4v) is 2.81. The molecule has 0 saturated heterocycles.